The van der Waals surface area contributed by atoms with Crippen LogP contribution in [0.25, 0.3) is 43.6 Å². The fourth-order valence-electron chi connectivity index (χ4n) is 6.62. The Hall–Kier alpha value is -4.84. The number of hydrogen-bond acceptors (Lipinski definition) is 9. The number of pyridine rings is 2. The average Bonchev–Trinajstić information content (AvgIpc) is 3.71. The minimum absolute atomic E-state index is 0.0266. The summed E-state index contributed by atoms with van der Waals surface area (Å²) >= 11 is 0. The topological polar surface area (TPSA) is 138 Å². The van der Waals surface area contributed by atoms with Crippen molar-refractivity contribution < 1.29 is 33.3 Å². The molecule has 0 radical (unpaired) electrons. The molecule has 51 heavy (non-hydrogen) atoms. The van der Waals surface area contributed by atoms with Gasteiger partial charge in [0.15, 0.2) is 11.4 Å². The van der Waals surface area contributed by atoms with E-state index in [1.165, 1.54) is 0 Å². The van der Waals surface area contributed by atoms with Crippen LogP contribution in [-0.4, -0.2) is 65.4 Å². The van der Waals surface area contributed by atoms with Gasteiger partial charge in [-0.2, -0.15) is 0 Å². The zero-order chi connectivity index (χ0) is 36.7. The monoisotopic (exact) mass is 696 g/mol. The van der Waals surface area contributed by atoms with E-state index < -0.39 is 5.97 Å². The second-order valence-corrected chi connectivity index (χ2v) is 12.2. The summed E-state index contributed by atoms with van der Waals surface area (Å²) in [5.74, 6) is -0.824. The van der Waals surface area contributed by atoms with E-state index in [4.69, 9.17) is 23.7 Å². The molecule has 2 aromatic carbocycles. The Labute approximate surface area is 298 Å². The maximum Gasteiger partial charge on any atom is 0.357 e. The van der Waals surface area contributed by atoms with Crippen molar-refractivity contribution >= 4 is 55.6 Å². The van der Waals surface area contributed by atoms with Gasteiger partial charge in [0.1, 0.15) is 0 Å². The first-order valence-electron chi connectivity index (χ1n) is 17.6. The largest absolute Gasteiger partial charge is 0.461 e. The van der Waals surface area contributed by atoms with Crippen molar-refractivity contribution in [3.05, 3.63) is 82.4 Å². The number of ether oxygens (including phenoxy) is 5. The first-order chi connectivity index (χ1) is 24.7. The van der Waals surface area contributed by atoms with Crippen LogP contribution in [0.3, 0.4) is 0 Å². The highest BCUT2D eigenvalue weighted by Gasteiger charge is 2.23. The summed E-state index contributed by atoms with van der Waals surface area (Å²) in [6, 6.07) is 12.2. The molecule has 0 saturated carbocycles. The number of H-pyrrole nitrogens is 2. The predicted octanol–water partition coefficient (Wildman–Crippen LogP) is 8.83. The summed E-state index contributed by atoms with van der Waals surface area (Å²) in [5, 5.41) is 4.06. The highest BCUT2D eigenvalue weighted by atomic mass is 16.5. The molecule has 0 amide bonds. The van der Waals surface area contributed by atoms with Crippen molar-refractivity contribution in [2.75, 3.05) is 33.5 Å². The molecule has 0 bridgehead atoms. The van der Waals surface area contributed by atoms with Gasteiger partial charge in [0.2, 0.25) is 0 Å². The Morgan fingerprint density at radius 2 is 1.22 bits per heavy atom. The molecule has 0 aliphatic heterocycles. The van der Waals surface area contributed by atoms with Crippen LogP contribution in [0.15, 0.2) is 48.8 Å². The molecule has 2 N–H and O–H groups in total. The molecular formula is C40H48N4O7. The number of nitrogens with zero attached hydrogens (tertiary/aromatic N) is 2. The zero-order valence-electron chi connectivity index (χ0n) is 30.8. The number of nitrogens with one attached hydrogen (secondary N) is 2. The van der Waals surface area contributed by atoms with Gasteiger partial charge in [0.05, 0.1) is 55.5 Å². The Morgan fingerprint density at radius 3 is 1.76 bits per heavy atom. The number of aromatic amines is 2. The van der Waals surface area contributed by atoms with E-state index in [1.807, 2.05) is 45.0 Å². The second-order valence-electron chi connectivity index (χ2n) is 12.2. The molecule has 11 nitrogen and oxygen atoms in total. The minimum Gasteiger partial charge on any atom is -0.461 e. The van der Waals surface area contributed by atoms with Crippen LogP contribution >= 0.6 is 0 Å². The third kappa shape index (κ3) is 7.61. The molecule has 0 fully saturated rings. The third-order valence-corrected chi connectivity index (χ3v) is 8.82. The van der Waals surface area contributed by atoms with E-state index in [9.17, 15) is 9.59 Å². The van der Waals surface area contributed by atoms with Gasteiger partial charge in [-0.05, 0) is 76.8 Å². The van der Waals surface area contributed by atoms with E-state index in [0.717, 1.165) is 72.3 Å². The number of rotatable bonds is 13. The van der Waals surface area contributed by atoms with Gasteiger partial charge in [0.25, 0.3) is 0 Å². The normalized spacial score (nSPS) is 12.6. The van der Waals surface area contributed by atoms with Gasteiger partial charge in [-0.1, -0.05) is 31.2 Å². The minimum atomic E-state index is -0.439. The van der Waals surface area contributed by atoms with E-state index in [-0.39, 0.29) is 24.8 Å². The molecule has 2 unspecified atom stereocenters. The molecule has 2 atom stereocenters. The Balaban J connectivity index is 0.000000198. The van der Waals surface area contributed by atoms with Crippen molar-refractivity contribution in [3.8, 4) is 0 Å². The lowest BCUT2D eigenvalue weighted by Crippen LogP contribution is -2.11. The summed E-state index contributed by atoms with van der Waals surface area (Å²) < 4.78 is 27.5. The number of aromatic nitrogens is 4. The summed E-state index contributed by atoms with van der Waals surface area (Å²) in [4.78, 5) is 40.0. The average molecular weight is 697 g/mol. The van der Waals surface area contributed by atoms with Crippen LogP contribution in [-0.2, 0) is 30.3 Å². The fraction of sp³-hybridized carbons (Fsp3) is 0.400. The molecule has 270 valence electrons. The van der Waals surface area contributed by atoms with Crippen LogP contribution in [0.5, 0.6) is 0 Å². The summed E-state index contributed by atoms with van der Waals surface area (Å²) in [6.07, 6.45) is 4.26. The smallest absolute Gasteiger partial charge is 0.357 e. The number of hydrogen-bond donors (Lipinski definition) is 2. The molecule has 0 saturated heterocycles. The number of esters is 2. The number of carbonyl (C=O) groups excluding carboxylic acids is 2. The van der Waals surface area contributed by atoms with Crippen molar-refractivity contribution in [3.63, 3.8) is 0 Å². The summed E-state index contributed by atoms with van der Waals surface area (Å²) in [6.45, 7) is 15.9. The van der Waals surface area contributed by atoms with Crippen LogP contribution in [0.2, 0.25) is 0 Å². The van der Waals surface area contributed by atoms with E-state index in [2.05, 4.69) is 45.9 Å². The molecule has 0 spiro atoms. The van der Waals surface area contributed by atoms with E-state index in [1.54, 1.807) is 33.4 Å². The lowest BCUT2D eigenvalue weighted by Gasteiger charge is -2.15. The molecule has 11 heteroatoms. The lowest BCUT2D eigenvalue weighted by atomic mass is 9.99. The SMILES string of the molecule is CCCOC(C)c1cccc2[nH]c3cnc(C(=O)OCC)c(C)c3c12.CCOC(=O)c1ncc2[nH]c3cccc(C(C)OCC)c3c2c1COC. The third-order valence-electron chi connectivity index (χ3n) is 8.82. The van der Waals surface area contributed by atoms with Gasteiger partial charge < -0.3 is 33.7 Å². The Kier molecular flexibility index (Phi) is 12.4. The van der Waals surface area contributed by atoms with Crippen LogP contribution in [0.4, 0.5) is 0 Å². The van der Waals surface area contributed by atoms with Crippen LogP contribution < -0.4 is 0 Å². The van der Waals surface area contributed by atoms with Crippen molar-refractivity contribution in [1.82, 2.24) is 19.9 Å². The maximum atomic E-state index is 12.4. The number of carbonyl (C=O) groups is 2. The van der Waals surface area contributed by atoms with Crippen LogP contribution in [0.1, 0.15) is 103 Å². The van der Waals surface area contributed by atoms with E-state index >= 15 is 0 Å². The quantitative estimate of drug-likeness (QED) is 0.113. The summed E-state index contributed by atoms with van der Waals surface area (Å²) in [5.41, 5.74) is 8.16. The molecule has 0 aliphatic carbocycles. The highest BCUT2D eigenvalue weighted by Crippen LogP contribution is 2.37. The molecular weight excluding hydrogens is 648 g/mol. The number of aryl methyl sites for hydroxylation is 1. The van der Waals surface area contributed by atoms with Crippen molar-refractivity contribution in [2.24, 2.45) is 0 Å². The van der Waals surface area contributed by atoms with Crippen molar-refractivity contribution in [1.29, 1.82) is 0 Å². The van der Waals surface area contributed by atoms with Gasteiger partial charge >= 0.3 is 11.9 Å². The molecule has 6 rings (SSSR count). The molecule has 4 heterocycles. The van der Waals surface area contributed by atoms with Gasteiger partial charge in [0, 0.05) is 58.5 Å². The predicted molar refractivity (Wildman–Crippen MR) is 199 cm³/mol. The fourth-order valence-corrected chi connectivity index (χ4v) is 6.62. The summed E-state index contributed by atoms with van der Waals surface area (Å²) in [7, 11) is 1.60. The first-order valence-corrected chi connectivity index (χ1v) is 17.6. The van der Waals surface area contributed by atoms with Crippen LogP contribution in [0, 0.1) is 6.92 Å². The molecule has 0 aliphatic rings. The molecule has 6 aromatic rings. The number of benzene rings is 2. The van der Waals surface area contributed by atoms with E-state index in [0.29, 0.717) is 37.8 Å². The maximum absolute atomic E-state index is 12.4. The van der Waals surface area contributed by atoms with Crippen molar-refractivity contribution in [2.45, 2.75) is 73.7 Å². The van der Waals surface area contributed by atoms with Gasteiger partial charge in [-0.15, -0.1) is 0 Å². The Morgan fingerprint density at radius 1 is 0.686 bits per heavy atom. The molecule has 4 aromatic heterocycles. The Bertz CT molecular complexity index is 2150. The highest BCUT2D eigenvalue weighted by molar-refractivity contribution is 6.13. The second kappa shape index (κ2) is 16.9. The zero-order valence-corrected chi connectivity index (χ0v) is 30.8. The lowest BCUT2D eigenvalue weighted by molar-refractivity contribution is 0.0507. The number of fused-ring (bicyclic) bond motifs is 6. The standard InChI is InChI=1S/C20H24N2O4.C20H24N2O3/c1-5-25-12(3)13-8-7-9-15-17(13)18-14(11-24-4)19(20(23)26-6-2)21-10-16(18)22-15;1-5-10-25-13(4)14-8-7-9-15-18(14)17-12(3)19(20(23)24-6-2)21-11-16(17)22-15/h7-10,12,22H,5-6,11H2,1-4H3;7-9,11,13,22H,5-6,10H2,1-4H3. The first kappa shape index (κ1) is 37.4. The van der Waals surface area contributed by atoms with Gasteiger partial charge in [-0.25, -0.2) is 19.6 Å². The van der Waals surface area contributed by atoms with Gasteiger partial charge in [-0.3, -0.25) is 0 Å². The number of methoxy groups -OCH3 is 1.